The van der Waals surface area contributed by atoms with Crippen LogP contribution in [0.2, 0.25) is 0 Å². The van der Waals surface area contributed by atoms with Crippen LogP contribution in [-0.2, 0) is 32.1 Å². The van der Waals surface area contributed by atoms with Crippen LogP contribution in [0.4, 0.5) is 36.4 Å². The van der Waals surface area contributed by atoms with Crippen molar-refractivity contribution in [2.75, 3.05) is 19.1 Å². The highest BCUT2D eigenvalue weighted by Gasteiger charge is 2.44. The van der Waals surface area contributed by atoms with Crippen LogP contribution in [0.1, 0.15) is 67.6 Å². The van der Waals surface area contributed by atoms with E-state index in [-0.39, 0.29) is 11.8 Å². The molecule has 242 valence electrons. The zero-order valence-corrected chi connectivity index (χ0v) is 25.4. The van der Waals surface area contributed by atoms with Gasteiger partial charge in [-0.1, -0.05) is 6.07 Å². The SMILES string of the molecule is COC(=O)[C@@]1(C)CC[C@@H](c2cc(-c3ccc(F)cc3C)c(N(C)C(=O)C(C)(C)c3cc(C(F)(F)F)cc(C(F)(F)F)c3)cn2)N1. The first-order valence-electron chi connectivity index (χ1n) is 13.9. The molecule has 1 N–H and O–H groups in total. The number of rotatable bonds is 6. The lowest BCUT2D eigenvalue weighted by atomic mass is 9.81. The van der Waals surface area contributed by atoms with E-state index in [0.717, 1.165) is 4.90 Å². The minimum absolute atomic E-state index is 0.00801. The van der Waals surface area contributed by atoms with Gasteiger partial charge in [0, 0.05) is 12.6 Å². The Bertz CT molecular complexity index is 1600. The molecule has 4 rings (SSSR count). The number of alkyl halides is 6. The minimum atomic E-state index is -5.09. The number of aryl methyl sites for hydroxylation is 1. The number of aromatic nitrogens is 1. The first kappa shape index (κ1) is 33.9. The Morgan fingerprint density at radius 2 is 1.53 bits per heavy atom. The van der Waals surface area contributed by atoms with Gasteiger partial charge in [-0.2, -0.15) is 26.3 Å². The fourth-order valence-electron chi connectivity index (χ4n) is 5.61. The van der Waals surface area contributed by atoms with Crippen molar-refractivity contribution in [1.29, 1.82) is 0 Å². The third-order valence-corrected chi connectivity index (χ3v) is 8.31. The van der Waals surface area contributed by atoms with Gasteiger partial charge in [0.2, 0.25) is 5.91 Å². The van der Waals surface area contributed by atoms with E-state index in [4.69, 9.17) is 4.74 Å². The second-order valence-electron chi connectivity index (χ2n) is 11.9. The molecule has 1 amide bonds. The molecule has 1 aliphatic rings. The highest BCUT2D eigenvalue weighted by molar-refractivity contribution is 6.03. The molecule has 0 unspecified atom stereocenters. The van der Waals surface area contributed by atoms with Gasteiger partial charge in [-0.25, -0.2) is 4.39 Å². The molecule has 1 aliphatic heterocycles. The summed E-state index contributed by atoms with van der Waals surface area (Å²) in [6.07, 6.45) is -7.86. The molecular weight excluding hydrogens is 607 g/mol. The number of halogens is 7. The number of likely N-dealkylation sites (N-methyl/N-ethyl adjacent to an activating group) is 1. The zero-order chi connectivity index (χ0) is 33.7. The summed E-state index contributed by atoms with van der Waals surface area (Å²) < 4.78 is 101. The molecule has 45 heavy (non-hydrogen) atoms. The van der Waals surface area contributed by atoms with Crippen molar-refractivity contribution in [3.8, 4) is 11.1 Å². The Hall–Kier alpha value is -4.00. The maximum atomic E-state index is 14.1. The molecule has 0 saturated carbocycles. The summed E-state index contributed by atoms with van der Waals surface area (Å²) in [7, 11) is 2.62. The van der Waals surface area contributed by atoms with E-state index in [0.29, 0.717) is 47.4 Å². The first-order valence-corrected chi connectivity index (χ1v) is 13.9. The van der Waals surface area contributed by atoms with Gasteiger partial charge in [-0.05, 0) is 93.6 Å². The summed E-state index contributed by atoms with van der Waals surface area (Å²) in [6, 6.07) is 6.36. The van der Waals surface area contributed by atoms with E-state index in [2.05, 4.69) is 10.3 Å². The lowest BCUT2D eigenvalue weighted by Gasteiger charge is -2.32. The van der Waals surface area contributed by atoms with Gasteiger partial charge in [-0.15, -0.1) is 0 Å². The Labute approximate surface area is 255 Å². The van der Waals surface area contributed by atoms with E-state index < -0.39 is 63.7 Å². The number of benzene rings is 2. The largest absolute Gasteiger partial charge is 0.468 e. The van der Waals surface area contributed by atoms with Gasteiger partial charge in [0.15, 0.2) is 0 Å². The van der Waals surface area contributed by atoms with Crippen molar-refractivity contribution in [2.24, 2.45) is 0 Å². The number of esters is 1. The molecule has 0 aliphatic carbocycles. The van der Waals surface area contributed by atoms with Gasteiger partial charge < -0.3 is 9.64 Å². The Balaban J connectivity index is 1.81. The van der Waals surface area contributed by atoms with Crippen molar-refractivity contribution in [2.45, 2.75) is 69.9 Å². The number of hydrogen-bond acceptors (Lipinski definition) is 5. The van der Waals surface area contributed by atoms with Gasteiger partial charge in [0.05, 0.1) is 47.3 Å². The molecule has 0 radical (unpaired) electrons. The molecule has 1 saturated heterocycles. The molecule has 0 bridgehead atoms. The number of anilines is 1. The van der Waals surface area contributed by atoms with E-state index in [9.17, 15) is 40.3 Å². The smallest absolute Gasteiger partial charge is 0.416 e. The minimum Gasteiger partial charge on any atom is -0.468 e. The van der Waals surface area contributed by atoms with Crippen molar-refractivity contribution >= 4 is 17.6 Å². The fourth-order valence-corrected chi connectivity index (χ4v) is 5.61. The fraction of sp³-hybridized carbons (Fsp3) is 0.406. The van der Waals surface area contributed by atoms with E-state index >= 15 is 0 Å². The summed E-state index contributed by atoms with van der Waals surface area (Å²) in [5.74, 6) is -1.77. The summed E-state index contributed by atoms with van der Waals surface area (Å²) in [5.41, 5.74) is -4.27. The third kappa shape index (κ3) is 6.68. The van der Waals surface area contributed by atoms with Crippen molar-refractivity contribution in [1.82, 2.24) is 10.3 Å². The average Bonchev–Trinajstić information content (AvgIpc) is 3.37. The molecule has 6 nitrogen and oxygen atoms in total. The molecule has 1 aromatic heterocycles. The number of amides is 1. The second kappa shape index (κ2) is 11.7. The molecule has 3 aromatic rings. The summed E-state index contributed by atoms with van der Waals surface area (Å²) >= 11 is 0. The van der Waals surface area contributed by atoms with Crippen LogP contribution < -0.4 is 10.2 Å². The van der Waals surface area contributed by atoms with E-state index in [1.165, 1.54) is 52.4 Å². The zero-order valence-electron chi connectivity index (χ0n) is 25.4. The maximum Gasteiger partial charge on any atom is 0.416 e. The molecule has 2 atom stereocenters. The summed E-state index contributed by atoms with van der Waals surface area (Å²) in [5, 5.41) is 3.23. The van der Waals surface area contributed by atoms with Crippen LogP contribution in [0.15, 0.2) is 48.7 Å². The number of ether oxygens (including phenoxy) is 1. The van der Waals surface area contributed by atoms with E-state index in [1.54, 1.807) is 19.9 Å². The quantitative estimate of drug-likeness (QED) is 0.223. The van der Waals surface area contributed by atoms with Crippen LogP contribution in [0.25, 0.3) is 11.1 Å². The maximum absolute atomic E-state index is 14.1. The number of pyridine rings is 1. The monoisotopic (exact) mass is 639 g/mol. The second-order valence-corrected chi connectivity index (χ2v) is 11.9. The van der Waals surface area contributed by atoms with Gasteiger partial charge in [-0.3, -0.25) is 19.9 Å². The third-order valence-electron chi connectivity index (χ3n) is 8.31. The number of hydrogen-bond donors (Lipinski definition) is 1. The average molecular weight is 640 g/mol. The topological polar surface area (TPSA) is 71.5 Å². The Morgan fingerprint density at radius 1 is 0.956 bits per heavy atom. The van der Waals surface area contributed by atoms with Crippen LogP contribution in [0.3, 0.4) is 0 Å². The van der Waals surface area contributed by atoms with Crippen LogP contribution in [-0.4, -0.2) is 36.6 Å². The normalized spacial score (nSPS) is 19.0. The van der Waals surface area contributed by atoms with Gasteiger partial charge >= 0.3 is 18.3 Å². The number of carbonyl (C=O) groups is 2. The van der Waals surface area contributed by atoms with Gasteiger partial charge in [0.25, 0.3) is 0 Å². The lowest BCUT2D eigenvalue weighted by Crippen LogP contribution is -2.46. The van der Waals surface area contributed by atoms with Crippen molar-refractivity contribution in [3.63, 3.8) is 0 Å². The van der Waals surface area contributed by atoms with Crippen LogP contribution in [0, 0.1) is 12.7 Å². The number of carbonyl (C=O) groups excluding carboxylic acids is 2. The van der Waals surface area contributed by atoms with Crippen LogP contribution in [0.5, 0.6) is 0 Å². The van der Waals surface area contributed by atoms with Gasteiger partial charge in [0.1, 0.15) is 11.4 Å². The predicted molar refractivity (Wildman–Crippen MR) is 153 cm³/mol. The highest BCUT2D eigenvalue weighted by atomic mass is 19.4. The molecule has 0 spiro atoms. The molecule has 13 heteroatoms. The van der Waals surface area contributed by atoms with Crippen molar-refractivity contribution < 1.29 is 45.1 Å². The Kier molecular flexibility index (Phi) is 8.84. The molecule has 1 fully saturated rings. The molecule has 2 aromatic carbocycles. The highest BCUT2D eigenvalue weighted by Crippen LogP contribution is 2.42. The number of methoxy groups -OCH3 is 1. The lowest BCUT2D eigenvalue weighted by molar-refractivity contribution is -0.147. The van der Waals surface area contributed by atoms with Crippen molar-refractivity contribution in [3.05, 3.63) is 82.4 Å². The number of nitrogens with zero attached hydrogens (tertiary/aromatic N) is 2. The van der Waals surface area contributed by atoms with E-state index in [1.807, 2.05) is 0 Å². The number of nitrogens with one attached hydrogen (secondary N) is 1. The molecule has 2 heterocycles. The summed E-state index contributed by atoms with van der Waals surface area (Å²) in [4.78, 5) is 31.9. The Morgan fingerprint density at radius 3 is 2.07 bits per heavy atom. The first-order chi connectivity index (χ1) is 20.7. The predicted octanol–water partition coefficient (Wildman–Crippen LogP) is 7.53. The molecular formula is C32H32F7N3O3. The summed E-state index contributed by atoms with van der Waals surface area (Å²) in [6.45, 7) is 5.83. The van der Waals surface area contributed by atoms with Crippen LogP contribution >= 0.6 is 0 Å². The standard InChI is InChI=1S/C32H32F7N3O3/c1-17-11-21(33)7-8-22(17)23-15-25(24-9-10-30(4,41-24)28(44)45-6)40-16-26(23)42(5)27(43)29(2,3)18-12-19(31(34,35)36)14-20(13-18)32(37,38)39/h7-8,11-16,24,41H,9-10H2,1-6H3/t24-,30+/m0/s1.